The Kier molecular flexibility index (Phi) is 9.85. The van der Waals surface area contributed by atoms with Crippen molar-refractivity contribution in [2.45, 2.75) is 66.4 Å². The van der Waals surface area contributed by atoms with Crippen LogP contribution < -0.4 is 0 Å². The summed E-state index contributed by atoms with van der Waals surface area (Å²) in [7, 11) is 0. The highest BCUT2D eigenvalue weighted by Crippen LogP contribution is 2.19. The summed E-state index contributed by atoms with van der Waals surface area (Å²) in [6, 6.07) is 0. The number of aliphatic hydroxyl groups excluding tert-OH is 1. The van der Waals surface area contributed by atoms with E-state index in [0.29, 0.717) is 30.5 Å². The quantitative estimate of drug-likeness (QED) is 0.632. The van der Waals surface area contributed by atoms with Crippen LogP contribution in [0.3, 0.4) is 0 Å². The van der Waals surface area contributed by atoms with Crippen LogP contribution in [0.1, 0.15) is 60.3 Å². The van der Waals surface area contributed by atoms with Crippen molar-refractivity contribution in [3.63, 3.8) is 0 Å². The zero-order valence-electron chi connectivity index (χ0n) is 12.4. The Morgan fingerprint density at radius 1 is 0.882 bits per heavy atom. The molecule has 2 atom stereocenters. The van der Waals surface area contributed by atoms with Crippen LogP contribution in [0.15, 0.2) is 0 Å². The van der Waals surface area contributed by atoms with Gasteiger partial charge in [-0.3, -0.25) is 0 Å². The minimum Gasteiger partial charge on any atom is -0.396 e. The van der Waals surface area contributed by atoms with Crippen LogP contribution in [-0.2, 0) is 4.74 Å². The van der Waals surface area contributed by atoms with Crippen LogP contribution in [0.2, 0.25) is 0 Å². The van der Waals surface area contributed by atoms with Crippen LogP contribution in [0.4, 0.5) is 0 Å². The molecule has 0 aromatic heterocycles. The molecule has 0 bridgehead atoms. The molecule has 0 rings (SSSR count). The molecule has 0 spiro atoms. The molecule has 0 aliphatic carbocycles. The summed E-state index contributed by atoms with van der Waals surface area (Å²) < 4.78 is 6.00. The molecule has 0 aromatic rings. The van der Waals surface area contributed by atoms with Gasteiger partial charge in [0.2, 0.25) is 0 Å². The number of hydrogen-bond acceptors (Lipinski definition) is 2. The third-order valence-electron chi connectivity index (χ3n) is 3.07. The van der Waals surface area contributed by atoms with E-state index in [1.54, 1.807) is 0 Å². The lowest BCUT2D eigenvalue weighted by molar-refractivity contribution is 0.0169. The first-order valence-electron chi connectivity index (χ1n) is 7.18. The number of ether oxygens (including phenoxy) is 1. The highest BCUT2D eigenvalue weighted by Gasteiger charge is 2.15. The summed E-state index contributed by atoms with van der Waals surface area (Å²) in [5.41, 5.74) is 0. The van der Waals surface area contributed by atoms with Gasteiger partial charge in [0.05, 0.1) is 6.10 Å². The molecule has 0 radical (unpaired) electrons. The molecule has 0 amide bonds. The van der Waals surface area contributed by atoms with E-state index in [1.165, 1.54) is 0 Å². The zero-order chi connectivity index (χ0) is 13.3. The highest BCUT2D eigenvalue weighted by atomic mass is 16.5. The predicted octanol–water partition coefficient (Wildman–Crippen LogP) is 3.87. The highest BCUT2D eigenvalue weighted by molar-refractivity contribution is 4.66. The topological polar surface area (TPSA) is 29.5 Å². The monoisotopic (exact) mass is 244 g/mol. The largest absolute Gasteiger partial charge is 0.396 e. The van der Waals surface area contributed by atoms with Crippen molar-refractivity contribution in [1.29, 1.82) is 0 Å². The van der Waals surface area contributed by atoms with Crippen molar-refractivity contribution in [2.75, 3.05) is 13.2 Å². The fraction of sp³-hybridized carbons (Fsp3) is 1.00. The molecule has 2 heteroatoms. The van der Waals surface area contributed by atoms with Gasteiger partial charge < -0.3 is 9.84 Å². The summed E-state index contributed by atoms with van der Waals surface area (Å²) in [6.07, 6.45) is 4.62. The van der Waals surface area contributed by atoms with Crippen LogP contribution >= 0.6 is 0 Å². The van der Waals surface area contributed by atoms with Gasteiger partial charge in [-0.15, -0.1) is 0 Å². The maximum Gasteiger partial charge on any atom is 0.0580 e. The SMILES string of the molecule is CC(C)CCOC(CC(C)C)CC(C)CCO. The van der Waals surface area contributed by atoms with E-state index in [-0.39, 0.29) is 0 Å². The molecule has 104 valence electrons. The summed E-state index contributed by atoms with van der Waals surface area (Å²) in [5, 5.41) is 8.94. The van der Waals surface area contributed by atoms with E-state index < -0.39 is 0 Å². The molecular weight excluding hydrogens is 212 g/mol. The van der Waals surface area contributed by atoms with Gasteiger partial charge in [0.25, 0.3) is 0 Å². The lowest BCUT2D eigenvalue weighted by atomic mass is 9.95. The minimum atomic E-state index is 0.293. The first-order chi connectivity index (χ1) is 7.95. The Bertz CT molecular complexity index is 166. The molecule has 17 heavy (non-hydrogen) atoms. The predicted molar refractivity (Wildman–Crippen MR) is 74.1 cm³/mol. The molecule has 0 saturated carbocycles. The van der Waals surface area contributed by atoms with Crippen molar-refractivity contribution in [1.82, 2.24) is 0 Å². The molecule has 2 unspecified atom stereocenters. The van der Waals surface area contributed by atoms with E-state index in [0.717, 1.165) is 32.3 Å². The number of hydrogen-bond donors (Lipinski definition) is 1. The summed E-state index contributed by atoms with van der Waals surface area (Å²) >= 11 is 0. The molecular formula is C15H32O2. The average molecular weight is 244 g/mol. The molecule has 2 nitrogen and oxygen atoms in total. The van der Waals surface area contributed by atoms with Gasteiger partial charge in [0, 0.05) is 13.2 Å². The Hall–Kier alpha value is -0.0800. The third-order valence-corrected chi connectivity index (χ3v) is 3.07. The Morgan fingerprint density at radius 3 is 2.00 bits per heavy atom. The van der Waals surface area contributed by atoms with Gasteiger partial charge in [-0.25, -0.2) is 0 Å². The second-order valence-electron chi connectivity index (χ2n) is 6.16. The summed E-state index contributed by atoms with van der Waals surface area (Å²) in [6.45, 7) is 12.3. The second kappa shape index (κ2) is 9.90. The number of aliphatic hydroxyl groups is 1. The van der Waals surface area contributed by atoms with Crippen LogP contribution in [-0.4, -0.2) is 24.4 Å². The van der Waals surface area contributed by atoms with Gasteiger partial charge in [0.15, 0.2) is 0 Å². The van der Waals surface area contributed by atoms with E-state index in [9.17, 15) is 0 Å². The van der Waals surface area contributed by atoms with Crippen molar-refractivity contribution < 1.29 is 9.84 Å². The van der Waals surface area contributed by atoms with Gasteiger partial charge in [0.1, 0.15) is 0 Å². The fourth-order valence-corrected chi connectivity index (χ4v) is 2.02. The Labute approximate surface area is 108 Å². The molecule has 0 fully saturated rings. The van der Waals surface area contributed by atoms with E-state index in [1.807, 2.05) is 0 Å². The standard InChI is InChI=1S/C15H32O2/c1-12(2)7-9-17-15(10-13(3)4)11-14(5)6-8-16/h12-16H,6-11H2,1-5H3. The molecule has 0 saturated heterocycles. The van der Waals surface area contributed by atoms with Gasteiger partial charge in [-0.05, 0) is 43.4 Å². The van der Waals surface area contributed by atoms with Crippen molar-refractivity contribution in [2.24, 2.45) is 17.8 Å². The van der Waals surface area contributed by atoms with Crippen molar-refractivity contribution >= 4 is 0 Å². The fourth-order valence-electron chi connectivity index (χ4n) is 2.02. The Balaban J connectivity index is 3.95. The number of rotatable bonds is 10. The van der Waals surface area contributed by atoms with E-state index in [2.05, 4.69) is 34.6 Å². The van der Waals surface area contributed by atoms with Crippen LogP contribution in [0.5, 0.6) is 0 Å². The molecule has 0 aliphatic rings. The maximum atomic E-state index is 8.94. The molecule has 0 aromatic carbocycles. The lowest BCUT2D eigenvalue weighted by Gasteiger charge is -2.23. The van der Waals surface area contributed by atoms with Crippen molar-refractivity contribution in [3.05, 3.63) is 0 Å². The first kappa shape index (κ1) is 16.9. The molecule has 0 aliphatic heterocycles. The maximum absolute atomic E-state index is 8.94. The smallest absolute Gasteiger partial charge is 0.0580 e. The minimum absolute atomic E-state index is 0.293. The average Bonchev–Trinajstić information content (AvgIpc) is 2.15. The lowest BCUT2D eigenvalue weighted by Crippen LogP contribution is -2.20. The molecule has 0 heterocycles. The van der Waals surface area contributed by atoms with Gasteiger partial charge in [-0.1, -0.05) is 34.6 Å². The summed E-state index contributed by atoms with van der Waals surface area (Å²) in [4.78, 5) is 0. The van der Waals surface area contributed by atoms with Crippen molar-refractivity contribution in [3.8, 4) is 0 Å². The van der Waals surface area contributed by atoms with Crippen LogP contribution in [0, 0.1) is 17.8 Å². The Morgan fingerprint density at radius 2 is 1.53 bits per heavy atom. The first-order valence-corrected chi connectivity index (χ1v) is 7.18. The third kappa shape index (κ3) is 10.8. The zero-order valence-corrected chi connectivity index (χ0v) is 12.4. The second-order valence-corrected chi connectivity index (χ2v) is 6.16. The van der Waals surface area contributed by atoms with E-state index >= 15 is 0 Å². The summed E-state index contributed by atoms with van der Waals surface area (Å²) in [5.74, 6) is 1.95. The van der Waals surface area contributed by atoms with E-state index in [4.69, 9.17) is 9.84 Å². The normalized spacial score (nSPS) is 15.5. The van der Waals surface area contributed by atoms with Crippen LogP contribution in [0.25, 0.3) is 0 Å². The van der Waals surface area contributed by atoms with Gasteiger partial charge >= 0.3 is 0 Å². The van der Waals surface area contributed by atoms with Gasteiger partial charge in [-0.2, -0.15) is 0 Å². The molecule has 1 N–H and O–H groups in total.